The molecule has 0 amide bonds. The molecule has 0 radical (unpaired) electrons. The van der Waals surface area contributed by atoms with Crippen LogP contribution in [0.25, 0.3) is 33.4 Å². The Balaban J connectivity index is 1.09. The molecule has 9 aromatic carbocycles. The minimum absolute atomic E-state index is 0.293. The molecular formula is C58H43NO. The van der Waals surface area contributed by atoms with E-state index in [1.54, 1.807) is 0 Å². The van der Waals surface area contributed by atoms with Crippen molar-refractivity contribution in [3.8, 4) is 44.9 Å². The van der Waals surface area contributed by atoms with Gasteiger partial charge in [0.1, 0.15) is 11.5 Å². The summed E-state index contributed by atoms with van der Waals surface area (Å²) in [5.41, 5.74) is 16.9. The fourth-order valence-electron chi connectivity index (χ4n) is 9.92. The molecule has 1 aliphatic carbocycles. The third kappa shape index (κ3) is 5.56. The number of rotatable bonds is 7. The number of benzene rings is 9. The van der Waals surface area contributed by atoms with Crippen molar-refractivity contribution in [2.45, 2.75) is 24.7 Å². The molecular weight excluding hydrogens is 727 g/mol. The van der Waals surface area contributed by atoms with Gasteiger partial charge in [-0.3, -0.25) is 0 Å². The quantitative estimate of drug-likeness (QED) is 0.160. The second-order valence-corrected chi connectivity index (χ2v) is 16.5. The van der Waals surface area contributed by atoms with Gasteiger partial charge in [-0.15, -0.1) is 0 Å². The van der Waals surface area contributed by atoms with Crippen molar-refractivity contribution in [3.05, 3.63) is 258 Å². The Bertz CT molecular complexity index is 2870. The molecule has 1 heterocycles. The maximum absolute atomic E-state index is 7.17. The Morgan fingerprint density at radius 3 is 1.37 bits per heavy atom. The van der Waals surface area contributed by atoms with Crippen LogP contribution in [0.15, 0.2) is 224 Å². The van der Waals surface area contributed by atoms with Crippen LogP contribution >= 0.6 is 0 Å². The average molecular weight is 770 g/mol. The number of fused-ring (bicyclic) bond motifs is 6. The highest BCUT2D eigenvalue weighted by atomic mass is 16.5. The zero-order valence-electron chi connectivity index (χ0n) is 33.7. The monoisotopic (exact) mass is 769 g/mol. The van der Waals surface area contributed by atoms with Crippen molar-refractivity contribution in [2.24, 2.45) is 0 Å². The molecule has 0 atom stereocenters. The molecule has 0 saturated heterocycles. The Morgan fingerprint density at radius 1 is 0.367 bits per heavy atom. The van der Waals surface area contributed by atoms with Crippen LogP contribution in [0.5, 0.6) is 11.5 Å². The highest BCUT2D eigenvalue weighted by Gasteiger charge is 2.48. The van der Waals surface area contributed by atoms with E-state index in [2.05, 4.69) is 243 Å². The summed E-state index contributed by atoms with van der Waals surface area (Å²) in [7, 11) is 0. The first-order valence-electron chi connectivity index (χ1n) is 20.8. The third-order valence-corrected chi connectivity index (χ3v) is 12.8. The van der Waals surface area contributed by atoms with Crippen LogP contribution in [0, 0.1) is 0 Å². The normalized spacial score (nSPS) is 13.9. The highest BCUT2D eigenvalue weighted by molar-refractivity contribution is 5.91. The largest absolute Gasteiger partial charge is 0.456 e. The molecule has 9 aromatic rings. The molecule has 2 aliphatic rings. The first-order valence-corrected chi connectivity index (χ1v) is 20.8. The lowest BCUT2D eigenvalue weighted by Gasteiger charge is -2.42. The fraction of sp³-hybridized carbons (Fsp3) is 0.0690. The van der Waals surface area contributed by atoms with Crippen molar-refractivity contribution in [1.29, 1.82) is 0 Å². The first kappa shape index (κ1) is 35.7. The van der Waals surface area contributed by atoms with Gasteiger partial charge in [0.2, 0.25) is 0 Å². The maximum Gasteiger partial charge on any atom is 0.140 e. The van der Waals surface area contributed by atoms with E-state index in [-0.39, 0.29) is 5.41 Å². The Kier molecular flexibility index (Phi) is 8.42. The van der Waals surface area contributed by atoms with Gasteiger partial charge >= 0.3 is 0 Å². The van der Waals surface area contributed by atoms with Crippen molar-refractivity contribution in [3.63, 3.8) is 0 Å². The summed E-state index contributed by atoms with van der Waals surface area (Å²) in [5, 5.41) is 0. The molecule has 0 bridgehead atoms. The van der Waals surface area contributed by atoms with E-state index < -0.39 is 5.41 Å². The van der Waals surface area contributed by atoms with E-state index >= 15 is 0 Å². The highest BCUT2D eigenvalue weighted by Crippen LogP contribution is 2.62. The van der Waals surface area contributed by atoms with Crippen molar-refractivity contribution in [2.75, 3.05) is 4.90 Å². The molecule has 0 unspecified atom stereocenters. The molecule has 0 aromatic heterocycles. The predicted molar refractivity (Wildman–Crippen MR) is 248 cm³/mol. The molecule has 286 valence electrons. The molecule has 1 aliphatic heterocycles. The third-order valence-electron chi connectivity index (χ3n) is 12.8. The Labute approximate surface area is 352 Å². The lowest BCUT2D eigenvalue weighted by atomic mass is 9.63. The van der Waals surface area contributed by atoms with E-state index in [1.807, 2.05) is 0 Å². The van der Waals surface area contributed by atoms with Crippen LogP contribution in [-0.4, -0.2) is 0 Å². The number of hydrogen-bond donors (Lipinski definition) is 0. The van der Waals surface area contributed by atoms with Crippen molar-refractivity contribution in [1.82, 2.24) is 0 Å². The smallest absolute Gasteiger partial charge is 0.140 e. The minimum Gasteiger partial charge on any atom is -0.456 e. The van der Waals surface area contributed by atoms with Crippen LogP contribution in [-0.2, 0) is 10.8 Å². The average Bonchev–Trinajstić information content (AvgIpc) is 3.55. The second-order valence-electron chi connectivity index (χ2n) is 16.5. The lowest BCUT2D eigenvalue weighted by molar-refractivity contribution is 0.435. The van der Waals surface area contributed by atoms with E-state index in [4.69, 9.17) is 4.74 Å². The number of anilines is 3. The molecule has 60 heavy (non-hydrogen) atoms. The number of hydrogen-bond acceptors (Lipinski definition) is 2. The summed E-state index contributed by atoms with van der Waals surface area (Å²) in [5.74, 6) is 1.82. The number of ether oxygens (including phenoxy) is 1. The van der Waals surface area contributed by atoms with Crippen LogP contribution in [0.3, 0.4) is 0 Å². The predicted octanol–water partition coefficient (Wildman–Crippen LogP) is 15.3. The summed E-state index contributed by atoms with van der Waals surface area (Å²) in [4.78, 5) is 2.39. The van der Waals surface area contributed by atoms with Crippen LogP contribution < -0.4 is 9.64 Å². The topological polar surface area (TPSA) is 12.5 Å². The molecule has 11 rings (SSSR count). The Morgan fingerprint density at radius 2 is 0.817 bits per heavy atom. The van der Waals surface area contributed by atoms with Crippen molar-refractivity contribution >= 4 is 17.1 Å². The van der Waals surface area contributed by atoms with Gasteiger partial charge in [-0.1, -0.05) is 196 Å². The van der Waals surface area contributed by atoms with Gasteiger partial charge in [-0.05, 0) is 92.5 Å². The molecule has 2 heteroatoms. The van der Waals surface area contributed by atoms with Gasteiger partial charge in [0, 0.05) is 39.2 Å². The van der Waals surface area contributed by atoms with Gasteiger partial charge in [-0.25, -0.2) is 0 Å². The van der Waals surface area contributed by atoms with E-state index in [9.17, 15) is 0 Å². The maximum atomic E-state index is 7.17. The zero-order valence-corrected chi connectivity index (χ0v) is 33.7. The first-order chi connectivity index (χ1) is 29.5. The van der Waals surface area contributed by atoms with Gasteiger partial charge in [0.15, 0.2) is 0 Å². The van der Waals surface area contributed by atoms with Crippen LogP contribution in [0.2, 0.25) is 0 Å². The van der Waals surface area contributed by atoms with E-state index in [0.717, 1.165) is 39.7 Å². The van der Waals surface area contributed by atoms with Crippen molar-refractivity contribution < 1.29 is 4.74 Å². The standard InChI is InChI=1S/C58H43NO/c1-57(2)51-37-38-52-56(60-54-26-16-15-25-50(54)58(52,44-21-11-5-12-22-44)45-23-13-6-14-24-45)55(51)49-36-35-48(39-53(49)57)59(46-31-27-42(28-32-46)40-17-7-3-8-18-40)47-33-29-43(30-34-47)41-19-9-4-10-20-41/h3-39H,1-2H3. The number of nitrogens with zero attached hydrogens (tertiary/aromatic N) is 1. The van der Waals surface area contributed by atoms with Gasteiger partial charge in [0.05, 0.1) is 5.41 Å². The summed E-state index contributed by atoms with van der Waals surface area (Å²) in [6.07, 6.45) is 0. The lowest BCUT2D eigenvalue weighted by Crippen LogP contribution is -2.34. The van der Waals surface area contributed by atoms with Gasteiger partial charge in [-0.2, -0.15) is 0 Å². The SMILES string of the molecule is CC1(C)c2cc(N(c3ccc(-c4ccccc4)cc3)c3ccc(-c4ccccc4)cc3)ccc2-c2c1ccc1c2Oc2ccccc2C1(c1ccccc1)c1ccccc1. The summed E-state index contributed by atoms with van der Waals surface area (Å²) in [6.45, 7) is 4.72. The van der Waals surface area contributed by atoms with Crippen LogP contribution in [0.1, 0.15) is 47.2 Å². The van der Waals surface area contributed by atoms with Gasteiger partial charge < -0.3 is 9.64 Å². The minimum atomic E-state index is -0.580. The second kappa shape index (κ2) is 14.1. The van der Waals surface area contributed by atoms with E-state index in [1.165, 1.54) is 55.6 Å². The molecule has 0 fully saturated rings. The fourth-order valence-corrected chi connectivity index (χ4v) is 9.92. The van der Waals surface area contributed by atoms with Gasteiger partial charge in [0.25, 0.3) is 0 Å². The molecule has 0 spiro atoms. The summed E-state index contributed by atoms with van der Waals surface area (Å²) in [6, 6.07) is 81.3. The number of para-hydroxylation sites is 1. The molecule has 2 nitrogen and oxygen atoms in total. The van der Waals surface area contributed by atoms with Crippen LogP contribution in [0.4, 0.5) is 17.1 Å². The molecule has 0 N–H and O–H groups in total. The Hall–Kier alpha value is -7.42. The summed E-state index contributed by atoms with van der Waals surface area (Å²) >= 11 is 0. The molecule has 0 saturated carbocycles. The zero-order chi connectivity index (χ0) is 40.3. The summed E-state index contributed by atoms with van der Waals surface area (Å²) < 4.78 is 7.17. The van der Waals surface area contributed by atoms with E-state index in [0.29, 0.717) is 0 Å².